The summed E-state index contributed by atoms with van der Waals surface area (Å²) >= 11 is 0. The van der Waals surface area contributed by atoms with Crippen LogP contribution in [-0.2, 0) is 10.8 Å². The fourth-order valence-corrected chi connectivity index (χ4v) is 10.1. The Labute approximate surface area is 348 Å². The second kappa shape index (κ2) is 12.7. The van der Waals surface area contributed by atoms with E-state index in [9.17, 15) is 0 Å². The molecule has 0 atom stereocenters. The number of aromatic nitrogens is 5. The summed E-state index contributed by atoms with van der Waals surface area (Å²) in [6.07, 6.45) is 2.26. The van der Waals surface area contributed by atoms with Crippen LogP contribution in [0.4, 0.5) is 0 Å². The molecular formula is C55H43N5. The van der Waals surface area contributed by atoms with Crippen molar-refractivity contribution < 1.29 is 0 Å². The Hall–Kier alpha value is -7.11. The van der Waals surface area contributed by atoms with E-state index in [1.54, 1.807) is 0 Å². The Kier molecular flexibility index (Phi) is 7.38. The van der Waals surface area contributed by atoms with Gasteiger partial charge in [0.1, 0.15) is 0 Å². The van der Waals surface area contributed by atoms with Gasteiger partial charge in [0.05, 0.1) is 22.1 Å². The summed E-state index contributed by atoms with van der Waals surface area (Å²) in [4.78, 5) is 16.1. The molecule has 3 aromatic heterocycles. The van der Waals surface area contributed by atoms with Crippen LogP contribution in [0.3, 0.4) is 0 Å². The third-order valence-corrected chi connectivity index (χ3v) is 13.4. The van der Waals surface area contributed by atoms with Gasteiger partial charge in [0.25, 0.3) is 0 Å². The molecule has 0 bridgehead atoms. The number of para-hydroxylation sites is 2. The molecule has 5 heteroatoms. The second-order valence-corrected chi connectivity index (χ2v) is 17.9. The van der Waals surface area contributed by atoms with Gasteiger partial charge in [0.2, 0.25) is 5.95 Å². The Balaban J connectivity index is 1.22. The van der Waals surface area contributed by atoms with Crippen molar-refractivity contribution in [2.45, 2.75) is 51.4 Å². The van der Waals surface area contributed by atoms with Crippen molar-refractivity contribution in [1.29, 1.82) is 0 Å². The first-order valence-corrected chi connectivity index (χ1v) is 21.1. The minimum absolute atomic E-state index is 0.00626. The molecule has 0 aliphatic heterocycles. The highest BCUT2D eigenvalue weighted by atomic mass is 15.2. The zero-order valence-electron chi connectivity index (χ0n) is 34.2. The summed E-state index contributed by atoms with van der Waals surface area (Å²) in [6.45, 7) is 9.65. The van der Waals surface area contributed by atoms with Gasteiger partial charge in [0, 0.05) is 38.4 Å². The number of benzene rings is 8. The highest BCUT2D eigenvalue weighted by Crippen LogP contribution is 2.50. The van der Waals surface area contributed by atoms with Crippen molar-refractivity contribution in [2.24, 2.45) is 0 Å². The van der Waals surface area contributed by atoms with Gasteiger partial charge in [-0.05, 0) is 105 Å². The quantitative estimate of drug-likeness (QED) is 0.167. The summed E-state index contributed by atoms with van der Waals surface area (Å²) in [5, 5.41) is 9.69. The number of nitrogens with zero attached hydrogens (tertiary/aromatic N) is 5. The van der Waals surface area contributed by atoms with Crippen LogP contribution in [-0.4, -0.2) is 24.1 Å². The maximum atomic E-state index is 5.47. The average Bonchev–Trinajstić information content (AvgIpc) is 3.80. The van der Waals surface area contributed by atoms with E-state index in [2.05, 4.69) is 195 Å². The molecule has 3 heterocycles. The van der Waals surface area contributed by atoms with E-state index >= 15 is 0 Å². The third-order valence-electron chi connectivity index (χ3n) is 13.4. The zero-order valence-corrected chi connectivity index (χ0v) is 34.2. The Bertz CT molecular complexity index is 3540. The summed E-state index contributed by atoms with van der Waals surface area (Å²) in [5.74, 6) is 1.89. The highest BCUT2D eigenvalue weighted by Gasteiger charge is 2.38. The topological polar surface area (TPSA) is 48.5 Å². The SMILES string of the molecule is CC1(C)CCC(C)(C)c2cc3c(cc21)c1c2c4ccccc4n(-c4ccccc4)c2ccc1n3-c1nc(-c2ccccc2)nc(-c2ccc3ccc4ccccc4c3c2)n1. The van der Waals surface area contributed by atoms with Gasteiger partial charge >= 0.3 is 0 Å². The zero-order chi connectivity index (χ0) is 40.3. The predicted octanol–water partition coefficient (Wildman–Crippen LogP) is 14.1. The molecule has 0 saturated carbocycles. The summed E-state index contributed by atoms with van der Waals surface area (Å²) < 4.78 is 4.74. The lowest BCUT2D eigenvalue weighted by atomic mass is 9.63. The molecule has 0 saturated heterocycles. The van der Waals surface area contributed by atoms with Gasteiger partial charge in [-0.25, -0.2) is 4.98 Å². The predicted molar refractivity (Wildman–Crippen MR) is 250 cm³/mol. The molecule has 5 nitrogen and oxygen atoms in total. The van der Waals surface area contributed by atoms with Gasteiger partial charge in [-0.1, -0.05) is 143 Å². The number of fused-ring (bicyclic) bond motifs is 11. The molecule has 0 N–H and O–H groups in total. The van der Waals surface area contributed by atoms with E-state index in [4.69, 9.17) is 15.0 Å². The van der Waals surface area contributed by atoms with Crippen molar-refractivity contribution in [2.75, 3.05) is 0 Å². The fourth-order valence-electron chi connectivity index (χ4n) is 10.1. The fraction of sp³-hybridized carbons (Fsp3) is 0.145. The van der Waals surface area contributed by atoms with E-state index in [1.807, 2.05) is 6.07 Å². The largest absolute Gasteiger partial charge is 0.309 e. The Morgan fingerprint density at radius 3 is 1.72 bits per heavy atom. The second-order valence-electron chi connectivity index (χ2n) is 17.9. The minimum atomic E-state index is 0.00626. The van der Waals surface area contributed by atoms with Gasteiger partial charge in [-0.3, -0.25) is 4.57 Å². The molecule has 12 rings (SSSR count). The van der Waals surface area contributed by atoms with E-state index in [1.165, 1.54) is 65.3 Å². The minimum Gasteiger partial charge on any atom is -0.309 e. The highest BCUT2D eigenvalue weighted by molar-refractivity contribution is 6.29. The van der Waals surface area contributed by atoms with E-state index in [0.29, 0.717) is 17.6 Å². The number of hydrogen-bond donors (Lipinski definition) is 0. The smallest absolute Gasteiger partial charge is 0.238 e. The van der Waals surface area contributed by atoms with Crippen LogP contribution in [0.15, 0.2) is 164 Å². The van der Waals surface area contributed by atoms with E-state index in [-0.39, 0.29) is 10.8 Å². The molecule has 1 aliphatic carbocycles. The van der Waals surface area contributed by atoms with Crippen molar-refractivity contribution in [1.82, 2.24) is 24.1 Å². The molecule has 0 amide bonds. The van der Waals surface area contributed by atoms with E-state index < -0.39 is 0 Å². The van der Waals surface area contributed by atoms with Crippen molar-refractivity contribution >= 4 is 65.2 Å². The standard InChI is InChI=1S/C55H43N5/c1-54(2)29-30-55(3,4)44-33-48-42(32-43(44)54)50-47(28-27-46-49(50)40-21-13-14-22-45(40)59(46)38-18-9-6-10-19-38)60(48)53-57-51(36-16-7-5-8-17-36)56-52(58-53)37-26-25-35-24-23-34-15-11-12-20-39(34)41(35)31-37/h5-28,31-33H,29-30H2,1-4H3. The molecule has 1 aliphatic rings. The monoisotopic (exact) mass is 773 g/mol. The summed E-state index contributed by atoms with van der Waals surface area (Å²) in [6, 6.07) is 59.1. The maximum Gasteiger partial charge on any atom is 0.238 e. The summed E-state index contributed by atoms with van der Waals surface area (Å²) in [5.41, 5.74) is 10.5. The molecule has 8 aromatic carbocycles. The Morgan fingerprint density at radius 2 is 0.967 bits per heavy atom. The normalized spacial score (nSPS) is 14.8. The van der Waals surface area contributed by atoms with Crippen LogP contribution in [0.1, 0.15) is 51.7 Å². The molecule has 0 spiro atoms. The lowest BCUT2D eigenvalue weighted by Crippen LogP contribution is -2.33. The third kappa shape index (κ3) is 5.15. The molecule has 288 valence electrons. The Morgan fingerprint density at radius 1 is 0.400 bits per heavy atom. The van der Waals surface area contributed by atoms with Crippen molar-refractivity contribution in [3.8, 4) is 34.4 Å². The van der Waals surface area contributed by atoms with Gasteiger partial charge in [0.15, 0.2) is 11.6 Å². The van der Waals surface area contributed by atoms with Gasteiger partial charge in [-0.15, -0.1) is 0 Å². The van der Waals surface area contributed by atoms with Crippen LogP contribution in [0.25, 0.3) is 99.6 Å². The summed E-state index contributed by atoms with van der Waals surface area (Å²) in [7, 11) is 0. The number of rotatable bonds is 4. The van der Waals surface area contributed by atoms with Crippen LogP contribution < -0.4 is 0 Å². The van der Waals surface area contributed by atoms with Crippen LogP contribution in [0, 0.1) is 0 Å². The lowest BCUT2D eigenvalue weighted by molar-refractivity contribution is 0.332. The maximum absolute atomic E-state index is 5.47. The molecule has 60 heavy (non-hydrogen) atoms. The van der Waals surface area contributed by atoms with Crippen molar-refractivity contribution in [3.63, 3.8) is 0 Å². The first-order valence-electron chi connectivity index (χ1n) is 21.1. The molecule has 11 aromatic rings. The number of hydrogen-bond acceptors (Lipinski definition) is 3. The van der Waals surface area contributed by atoms with Crippen LogP contribution >= 0.6 is 0 Å². The average molecular weight is 774 g/mol. The molecule has 0 radical (unpaired) electrons. The van der Waals surface area contributed by atoms with Gasteiger partial charge < -0.3 is 4.57 Å². The lowest BCUT2D eigenvalue weighted by Gasteiger charge is -2.42. The van der Waals surface area contributed by atoms with Crippen LogP contribution in [0.5, 0.6) is 0 Å². The molecule has 0 fully saturated rings. The first-order chi connectivity index (χ1) is 29.2. The van der Waals surface area contributed by atoms with Crippen molar-refractivity contribution in [3.05, 3.63) is 175 Å². The molecular weight excluding hydrogens is 731 g/mol. The molecule has 0 unspecified atom stereocenters. The van der Waals surface area contributed by atoms with Crippen LogP contribution in [0.2, 0.25) is 0 Å². The first kappa shape index (κ1) is 34.9. The van der Waals surface area contributed by atoms with E-state index in [0.717, 1.165) is 40.7 Å². The van der Waals surface area contributed by atoms with Gasteiger partial charge in [-0.2, -0.15) is 9.97 Å².